The summed E-state index contributed by atoms with van der Waals surface area (Å²) in [5.74, 6) is 0.526. The standard InChI is InChI=1S/C15H14O4.C13H16O2/c1-18-11-8-12(16)14(13(9-11)19-2)15(17)10-6-4-3-5-7-10;1-9(2)4-5-12-8-11(10(3)14)6-7-13(12)15/h3-9,16H,1-2H3;4,6-8,15H,5H2,1-3H3. The molecule has 0 aliphatic rings. The number of hydrogen-bond acceptors (Lipinski definition) is 6. The van der Waals surface area contributed by atoms with Crippen molar-refractivity contribution in [3.8, 4) is 23.0 Å². The molecule has 0 spiro atoms. The van der Waals surface area contributed by atoms with E-state index in [1.54, 1.807) is 48.5 Å². The molecule has 0 unspecified atom stereocenters. The smallest absolute Gasteiger partial charge is 0.200 e. The molecule has 3 aromatic rings. The summed E-state index contributed by atoms with van der Waals surface area (Å²) in [6, 6.07) is 16.6. The van der Waals surface area contributed by atoms with Gasteiger partial charge in [0.15, 0.2) is 5.78 Å². The molecule has 0 saturated heterocycles. The minimum Gasteiger partial charge on any atom is -0.508 e. The Labute approximate surface area is 200 Å². The van der Waals surface area contributed by atoms with Gasteiger partial charge in [-0.05, 0) is 51.0 Å². The van der Waals surface area contributed by atoms with E-state index in [2.05, 4.69) is 0 Å². The van der Waals surface area contributed by atoms with Crippen LogP contribution in [0.15, 0.2) is 72.3 Å². The lowest BCUT2D eigenvalue weighted by Crippen LogP contribution is -2.04. The number of phenolic OH excluding ortho intramolecular Hbond substituents is 2. The van der Waals surface area contributed by atoms with Gasteiger partial charge in [0.25, 0.3) is 0 Å². The molecule has 0 radical (unpaired) electrons. The number of allylic oxidation sites excluding steroid dienone is 2. The molecule has 0 bridgehead atoms. The predicted octanol–water partition coefficient (Wildman–Crippen LogP) is 5.74. The summed E-state index contributed by atoms with van der Waals surface area (Å²) >= 11 is 0. The second kappa shape index (κ2) is 12.3. The molecule has 0 heterocycles. The van der Waals surface area contributed by atoms with Crippen molar-refractivity contribution in [2.75, 3.05) is 14.2 Å². The lowest BCUT2D eigenvalue weighted by atomic mass is 10.0. The van der Waals surface area contributed by atoms with Crippen LogP contribution in [0.25, 0.3) is 0 Å². The predicted molar refractivity (Wildman–Crippen MR) is 132 cm³/mol. The third-order valence-corrected chi connectivity index (χ3v) is 4.99. The summed E-state index contributed by atoms with van der Waals surface area (Å²) in [7, 11) is 2.92. The molecule has 2 N–H and O–H groups in total. The first kappa shape index (κ1) is 26.2. The number of carbonyl (C=O) groups is 2. The first-order valence-corrected chi connectivity index (χ1v) is 10.7. The van der Waals surface area contributed by atoms with Crippen molar-refractivity contribution in [3.05, 3.63) is 94.6 Å². The van der Waals surface area contributed by atoms with Gasteiger partial charge in [-0.1, -0.05) is 42.0 Å². The minimum atomic E-state index is -0.294. The van der Waals surface area contributed by atoms with Gasteiger partial charge >= 0.3 is 0 Å². The first-order chi connectivity index (χ1) is 16.2. The van der Waals surface area contributed by atoms with Gasteiger partial charge in [-0.25, -0.2) is 0 Å². The number of hydrogen-bond donors (Lipinski definition) is 2. The van der Waals surface area contributed by atoms with Crippen LogP contribution >= 0.6 is 0 Å². The summed E-state index contributed by atoms with van der Waals surface area (Å²) in [5.41, 5.74) is 3.26. The number of ketones is 2. The number of benzene rings is 3. The van der Waals surface area contributed by atoms with Gasteiger partial charge < -0.3 is 19.7 Å². The summed E-state index contributed by atoms with van der Waals surface area (Å²) in [6.07, 6.45) is 2.69. The van der Waals surface area contributed by atoms with Crippen LogP contribution in [-0.2, 0) is 6.42 Å². The number of ether oxygens (including phenoxy) is 2. The number of Topliss-reactive ketones (excluding diaryl/α,β-unsaturated/α-hetero) is 1. The van der Waals surface area contributed by atoms with Gasteiger partial charge in [0.05, 0.1) is 14.2 Å². The Bertz CT molecular complexity index is 1180. The molecule has 0 saturated carbocycles. The van der Waals surface area contributed by atoms with Crippen molar-refractivity contribution in [2.24, 2.45) is 0 Å². The van der Waals surface area contributed by atoms with Crippen LogP contribution < -0.4 is 9.47 Å². The maximum Gasteiger partial charge on any atom is 0.200 e. The van der Waals surface area contributed by atoms with Gasteiger partial charge in [-0.2, -0.15) is 0 Å². The molecular formula is C28H30O6. The van der Waals surface area contributed by atoms with Crippen molar-refractivity contribution in [1.82, 2.24) is 0 Å². The lowest BCUT2D eigenvalue weighted by molar-refractivity contribution is 0.101. The van der Waals surface area contributed by atoms with Gasteiger partial charge in [0.2, 0.25) is 5.78 Å². The number of carbonyl (C=O) groups excluding carboxylic acids is 2. The van der Waals surface area contributed by atoms with E-state index >= 15 is 0 Å². The Balaban J connectivity index is 0.000000248. The highest BCUT2D eigenvalue weighted by atomic mass is 16.5. The molecule has 178 valence electrons. The molecule has 0 fully saturated rings. The Morgan fingerprint density at radius 1 is 0.824 bits per heavy atom. The van der Waals surface area contributed by atoms with E-state index in [1.165, 1.54) is 32.8 Å². The van der Waals surface area contributed by atoms with Crippen LogP contribution in [0.1, 0.15) is 52.6 Å². The topological polar surface area (TPSA) is 93.1 Å². The highest BCUT2D eigenvalue weighted by molar-refractivity contribution is 6.12. The number of aromatic hydroxyl groups is 2. The molecule has 6 heteroatoms. The minimum absolute atomic E-state index is 0.0217. The Kier molecular flexibility index (Phi) is 9.44. The number of rotatable bonds is 7. The second-order valence-electron chi connectivity index (χ2n) is 7.80. The Morgan fingerprint density at radius 3 is 2.06 bits per heavy atom. The maximum absolute atomic E-state index is 12.4. The SMILES string of the molecule is CC(=O)c1ccc(O)c(CC=C(C)C)c1.COc1cc(O)c(C(=O)c2ccccc2)c(OC)c1. The monoisotopic (exact) mass is 462 g/mol. The van der Waals surface area contributed by atoms with E-state index in [0.29, 0.717) is 23.3 Å². The second-order valence-corrected chi connectivity index (χ2v) is 7.80. The van der Waals surface area contributed by atoms with E-state index in [0.717, 1.165) is 5.56 Å². The Hall–Kier alpha value is -4.06. The van der Waals surface area contributed by atoms with Crippen molar-refractivity contribution >= 4 is 11.6 Å². The fourth-order valence-corrected chi connectivity index (χ4v) is 3.10. The number of phenols is 2. The van der Waals surface area contributed by atoms with Crippen LogP contribution in [0.4, 0.5) is 0 Å². The highest BCUT2D eigenvalue weighted by Crippen LogP contribution is 2.34. The van der Waals surface area contributed by atoms with Crippen LogP contribution in [0.2, 0.25) is 0 Å². The summed E-state index contributed by atoms with van der Waals surface area (Å²) in [4.78, 5) is 23.5. The largest absolute Gasteiger partial charge is 0.508 e. The van der Waals surface area contributed by atoms with Crippen LogP contribution in [0, 0.1) is 0 Å². The molecule has 3 aromatic carbocycles. The molecule has 3 rings (SSSR count). The van der Waals surface area contributed by atoms with Crippen molar-refractivity contribution in [1.29, 1.82) is 0 Å². The van der Waals surface area contributed by atoms with Gasteiger partial charge in [-0.3, -0.25) is 9.59 Å². The van der Waals surface area contributed by atoms with Gasteiger partial charge in [0, 0.05) is 23.3 Å². The average Bonchev–Trinajstić information content (AvgIpc) is 2.83. The quantitative estimate of drug-likeness (QED) is 0.343. The van der Waals surface area contributed by atoms with E-state index in [4.69, 9.17) is 9.47 Å². The molecule has 0 amide bonds. The third kappa shape index (κ3) is 6.97. The normalized spacial score (nSPS) is 9.91. The zero-order chi connectivity index (χ0) is 25.3. The van der Waals surface area contributed by atoms with E-state index in [-0.39, 0.29) is 34.4 Å². The molecule has 0 aliphatic carbocycles. The lowest BCUT2D eigenvalue weighted by Gasteiger charge is -2.11. The summed E-state index contributed by atoms with van der Waals surface area (Å²) in [5, 5.41) is 19.6. The fourth-order valence-electron chi connectivity index (χ4n) is 3.10. The van der Waals surface area contributed by atoms with Crippen molar-refractivity contribution < 1.29 is 29.3 Å². The molecule has 34 heavy (non-hydrogen) atoms. The third-order valence-electron chi connectivity index (χ3n) is 4.99. The molecule has 0 aliphatic heterocycles. The van der Waals surface area contributed by atoms with E-state index < -0.39 is 0 Å². The van der Waals surface area contributed by atoms with Crippen LogP contribution in [0.3, 0.4) is 0 Å². The van der Waals surface area contributed by atoms with Gasteiger partial charge in [0.1, 0.15) is 28.6 Å². The molecule has 0 aromatic heterocycles. The zero-order valence-electron chi connectivity index (χ0n) is 20.1. The van der Waals surface area contributed by atoms with Crippen LogP contribution in [-0.4, -0.2) is 36.0 Å². The van der Waals surface area contributed by atoms with Crippen LogP contribution in [0.5, 0.6) is 23.0 Å². The molecule has 6 nitrogen and oxygen atoms in total. The first-order valence-electron chi connectivity index (χ1n) is 10.7. The van der Waals surface area contributed by atoms with Crippen molar-refractivity contribution in [3.63, 3.8) is 0 Å². The van der Waals surface area contributed by atoms with Gasteiger partial charge in [-0.15, -0.1) is 0 Å². The number of methoxy groups -OCH3 is 2. The highest BCUT2D eigenvalue weighted by Gasteiger charge is 2.20. The maximum atomic E-state index is 12.4. The molecular weight excluding hydrogens is 432 g/mol. The Morgan fingerprint density at radius 2 is 1.50 bits per heavy atom. The molecule has 0 atom stereocenters. The van der Waals surface area contributed by atoms with E-state index in [1.807, 2.05) is 26.0 Å². The fraction of sp³-hybridized carbons (Fsp3) is 0.214. The average molecular weight is 463 g/mol. The van der Waals surface area contributed by atoms with Crippen molar-refractivity contribution in [2.45, 2.75) is 27.2 Å². The summed E-state index contributed by atoms with van der Waals surface area (Å²) < 4.78 is 10.2. The summed E-state index contributed by atoms with van der Waals surface area (Å²) in [6.45, 7) is 5.54. The zero-order valence-corrected chi connectivity index (χ0v) is 20.1. The van der Waals surface area contributed by atoms with E-state index in [9.17, 15) is 19.8 Å².